The lowest BCUT2D eigenvalue weighted by Gasteiger charge is -2.24. The molecule has 7 heteroatoms. The molecule has 0 aliphatic carbocycles. The molecule has 0 saturated heterocycles. The van der Waals surface area contributed by atoms with Gasteiger partial charge in [-0.3, -0.25) is 14.7 Å². The number of hydrogen-bond acceptors (Lipinski definition) is 4. The maximum absolute atomic E-state index is 14.2. The number of rotatable bonds is 1. The van der Waals surface area contributed by atoms with Crippen molar-refractivity contribution in [3.05, 3.63) is 120 Å². The second-order valence-electron chi connectivity index (χ2n) is 10.3. The van der Waals surface area contributed by atoms with Gasteiger partial charge in [0.05, 0.1) is 0 Å². The fraction of sp³-hybridized carbons (Fsp3) is 0.212. The molecule has 0 radical (unpaired) electrons. The van der Waals surface area contributed by atoms with Gasteiger partial charge in [0.15, 0.2) is 0 Å². The fourth-order valence-corrected chi connectivity index (χ4v) is 5.35. The maximum Gasteiger partial charge on any atom is 0.272 e. The first kappa shape index (κ1) is 25.8. The molecule has 3 aromatic carbocycles. The van der Waals surface area contributed by atoms with E-state index in [1.54, 1.807) is 24.4 Å². The summed E-state index contributed by atoms with van der Waals surface area (Å²) in [7, 11) is 2.08. The number of likely N-dealkylation sites (N-methyl/N-ethyl adjacent to an activating group) is 1. The smallest absolute Gasteiger partial charge is 0.272 e. The van der Waals surface area contributed by atoms with Crippen molar-refractivity contribution in [3.63, 3.8) is 0 Å². The average Bonchev–Trinajstić information content (AvgIpc) is 3.32. The summed E-state index contributed by atoms with van der Waals surface area (Å²) in [5, 5.41) is 0.813. The Bertz CT molecular complexity index is 1650. The highest BCUT2D eigenvalue weighted by Gasteiger charge is 2.20. The van der Waals surface area contributed by atoms with Crippen LogP contribution < -0.4 is 4.74 Å². The highest BCUT2D eigenvalue weighted by Crippen LogP contribution is 2.31. The van der Waals surface area contributed by atoms with Gasteiger partial charge in [0.2, 0.25) is 0 Å². The van der Waals surface area contributed by atoms with Crippen LogP contribution in [0, 0.1) is 5.82 Å². The van der Waals surface area contributed by atoms with Gasteiger partial charge in [-0.25, -0.2) is 4.39 Å². The molecule has 0 fully saturated rings. The number of carbonyl (C=O) groups excluding carboxylic acids is 1. The molecule has 4 bridgehead atoms. The number of carbonyl (C=O) groups is 1. The molecule has 5 aromatic rings. The second kappa shape index (κ2) is 11.3. The third-order valence-electron chi connectivity index (χ3n) is 7.32. The van der Waals surface area contributed by atoms with Crippen LogP contribution in [0.15, 0.2) is 97.2 Å². The quantitative estimate of drug-likeness (QED) is 0.264. The van der Waals surface area contributed by atoms with Gasteiger partial charge in [0.25, 0.3) is 5.91 Å². The molecule has 1 aliphatic rings. The fourth-order valence-electron chi connectivity index (χ4n) is 5.35. The van der Waals surface area contributed by atoms with Crippen molar-refractivity contribution in [1.29, 1.82) is 0 Å². The largest absolute Gasteiger partial charge is 0.492 e. The molecule has 6 nitrogen and oxygen atoms in total. The lowest BCUT2D eigenvalue weighted by Crippen LogP contribution is -2.34. The van der Waals surface area contributed by atoms with E-state index in [9.17, 15) is 9.18 Å². The molecular weight excluding hydrogens is 503 g/mol. The summed E-state index contributed by atoms with van der Waals surface area (Å²) in [4.78, 5) is 22.1. The zero-order valence-electron chi connectivity index (χ0n) is 22.5. The van der Waals surface area contributed by atoms with Gasteiger partial charge < -0.3 is 14.2 Å². The van der Waals surface area contributed by atoms with Gasteiger partial charge >= 0.3 is 0 Å². The monoisotopic (exact) mass is 534 g/mol. The van der Waals surface area contributed by atoms with Crippen LogP contribution in [0.3, 0.4) is 0 Å². The first-order chi connectivity index (χ1) is 19.5. The second-order valence-corrected chi connectivity index (χ2v) is 10.3. The van der Waals surface area contributed by atoms with Crippen LogP contribution in [0.5, 0.6) is 5.75 Å². The van der Waals surface area contributed by atoms with Gasteiger partial charge in [0, 0.05) is 61.1 Å². The van der Waals surface area contributed by atoms with Crippen molar-refractivity contribution in [3.8, 4) is 17.0 Å². The van der Waals surface area contributed by atoms with Crippen LogP contribution in [0.4, 0.5) is 4.39 Å². The Hall–Kier alpha value is -4.49. The van der Waals surface area contributed by atoms with E-state index in [1.807, 2.05) is 53.4 Å². The number of pyridine rings is 1. The number of fused-ring (bicyclic) bond motifs is 8. The molecule has 0 N–H and O–H groups in total. The summed E-state index contributed by atoms with van der Waals surface area (Å²) in [6.07, 6.45) is 1.64. The number of aromatic nitrogens is 2. The molecular formula is C33H31FN4O2. The van der Waals surface area contributed by atoms with E-state index in [4.69, 9.17) is 4.74 Å². The molecule has 1 aliphatic heterocycles. The molecule has 1 amide bonds. The predicted octanol–water partition coefficient (Wildman–Crippen LogP) is 6.01. The van der Waals surface area contributed by atoms with Crippen LogP contribution in [-0.4, -0.2) is 52.0 Å². The van der Waals surface area contributed by atoms with E-state index >= 15 is 0 Å². The Morgan fingerprint density at radius 3 is 2.55 bits per heavy atom. The summed E-state index contributed by atoms with van der Waals surface area (Å²) >= 11 is 0. The lowest BCUT2D eigenvalue weighted by molar-refractivity contribution is 0.0731. The van der Waals surface area contributed by atoms with Crippen LogP contribution >= 0.6 is 0 Å². The van der Waals surface area contributed by atoms with Crippen LogP contribution in [0.25, 0.3) is 22.2 Å². The van der Waals surface area contributed by atoms with Gasteiger partial charge in [0.1, 0.15) is 23.9 Å². The van der Waals surface area contributed by atoms with Crippen molar-refractivity contribution in [2.24, 2.45) is 0 Å². The number of amides is 1. The van der Waals surface area contributed by atoms with Gasteiger partial charge in [-0.05, 0) is 66.7 Å². The molecule has 0 spiro atoms. The minimum absolute atomic E-state index is 0.125. The SMILES string of the molecule is CN1CCOc2cccc(c2)-c2cc3cc(F)ccc3n2CCN(C(=O)c2ccccn2)Cc2cccc(c2)C1. The zero-order valence-corrected chi connectivity index (χ0v) is 22.5. The summed E-state index contributed by atoms with van der Waals surface area (Å²) in [6, 6.07) is 28.6. The highest BCUT2D eigenvalue weighted by molar-refractivity contribution is 5.92. The lowest BCUT2D eigenvalue weighted by atomic mass is 10.1. The first-order valence-corrected chi connectivity index (χ1v) is 13.5. The first-order valence-electron chi connectivity index (χ1n) is 13.5. The molecule has 0 saturated carbocycles. The van der Waals surface area contributed by atoms with E-state index in [1.165, 1.54) is 11.6 Å². The third-order valence-corrected chi connectivity index (χ3v) is 7.32. The van der Waals surface area contributed by atoms with E-state index in [-0.39, 0.29) is 11.7 Å². The Kier molecular flexibility index (Phi) is 7.29. The van der Waals surface area contributed by atoms with Crippen LogP contribution in [0.1, 0.15) is 21.6 Å². The van der Waals surface area contributed by atoms with Crippen LogP contribution in [0.2, 0.25) is 0 Å². The minimum Gasteiger partial charge on any atom is -0.492 e. The van der Waals surface area contributed by atoms with Crippen molar-refractivity contribution in [2.45, 2.75) is 19.6 Å². The predicted molar refractivity (Wildman–Crippen MR) is 155 cm³/mol. The normalized spacial score (nSPS) is 14.8. The molecule has 40 heavy (non-hydrogen) atoms. The zero-order chi connectivity index (χ0) is 27.5. The Morgan fingerprint density at radius 1 is 0.850 bits per heavy atom. The standard InChI is InChI=1S/C33H31FN4O2/c1-36-16-17-40-29-9-5-8-26(20-29)32-21-27-19-28(34)11-12-31(27)38(32)15-14-37(33(39)30-10-2-3-13-35-30)23-25-7-4-6-24(18-25)22-36/h2-13,18-21H,14-17,22-23H2,1H3. The minimum atomic E-state index is -0.279. The van der Waals surface area contributed by atoms with Crippen molar-refractivity contribution in [2.75, 3.05) is 26.7 Å². The number of halogens is 1. The number of ether oxygens (including phenoxy) is 1. The average molecular weight is 535 g/mol. The van der Waals surface area contributed by atoms with E-state index in [2.05, 4.69) is 39.7 Å². The molecule has 2 aromatic heterocycles. The third kappa shape index (κ3) is 5.60. The van der Waals surface area contributed by atoms with E-state index in [0.29, 0.717) is 31.9 Å². The molecule has 202 valence electrons. The summed E-state index contributed by atoms with van der Waals surface area (Å²) in [5.74, 6) is 0.381. The maximum atomic E-state index is 14.2. The van der Waals surface area contributed by atoms with E-state index in [0.717, 1.165) is 46.6 Å². The van der Waals surface area contributed by atoms with Crippen molar-refractivity contribution < 1.29 is 13.9 Å². The summed E-state index contributed by atoms with van der Waals surface area (Å²) in [5.41, 5.74) is 5.48. The van der Waals surface area contributed by atoms with Crippen molar-refractivity contribution in [1.82, 2.24) is 19.4 Å². The van der Waals surface area contributed by atoms with Gasteiger partial charge in [-0.2, -0.15) is 0 Å². The van der Waals surface area contributed by atoms with E-state index < -0.39 is 0 Å². The Morgan fingerprint density at radius 2 is 1.70 bits per heavy atom. The topological polar surface area (TPSA) is 50.6 Å². The Labute approximate surface area is 233 Å². The summed E-state index contributed by atoms with van der Waals surface area (Å²) in [6.45, 7) is 3.52. The van der Waals surface area contributed by atoms with Crippen LogP contribution in [-0.2, 0) is 19.6 Å². The number of nitrogens with zero attached hydrogens (tertiary/aromatic N) is 4. The molecule has 0 unspecified atom stereocenters. The number of hydrogen-bond donors (Lipinski definition) is 0. The summed E-state index contributed by atoms with van der Waals surface area (Å²) < 4.78 is 22.5. The van der Waals surface area contributed by atoms with Crippen molar-refractivity contribution >= 4 is 16.8 Å². The van der Waals surface area contributed by atoms with Gasteiger partial charge in [-0.1, -0.05) is 42.5 Å². The van der Waals surface area contributed by atoms with Gasteiger partial charge in [-0.15, -0.1) is 0 Å². The molecule has 6 rings (SSSR count). The Balaban J connectivity index is 1.44. The number of benzene rings is 3. The molecule has 0 atom stereocenters. The molecule has 3 heterocycles. The highest BCUT2D eigenvalue weighted by atomic mass is 19.1.